The normalized spacial score (nSPS) is 23.7. The summed E-state index contributed by atoms with van der Waals surface area (Å²) in [6, 6.07) is 6.21. The van der Waals surface area contributed by atoms with Gasteiger partial charge in [-0.15, -0.1) is 0 Å². The van der Waals surface area contributed by atoms with Crippen LogP contribution in [0.15, 0.2) is 29.2 Å². The lowest BCUT2D eigenvalue weighted by Crippen LogP contribution is -2.37. The molecule has 2 fully saturated rings. The third kappa shape index (κ3) is 6.22. The van der Waals surface area contributed by atoms with E-state index in [0.717, 1.165) is 31.2 Å². The van der Waals surface area contributed by atoms with Gasteiger partial charge in [0.05, 0.1) is 23.1 Å². The molecule has 2 aliphatic rings. The van der Waals surface area contributed by atoms with Gasteiger partial charge in [-0.1, -0.05) is 31.9 Å². The van der Waals surface area contributed by atoms with Crippen LogP contribution < -0.4 is 5.32 Å². The summed E-state index contributed by atoms with van der Waals surface area (Å²) in [5.74, 6) is -0.314. The summed E-state index contributed by atoms with van der Waals surface area (Å²) in [6.45, 7) is 5.80. The fourth-order valence-electron chi connectivity index (χ4n) is 4.62. The molecule has 4 unspecified atom stereocenters. The Labute approximate surface area is 190 Å². The number of aryl methyl sites for hydroxylation is 1. The van der Waals surface area contributed by atoms with E-state index in [1.54, 1.807) is 17.0 Å². The molecule has 0 bridgehead atoms. The van der Waals surface area contributed by atoms with Gasteiger partial charge in [-0.3, -0.25) is 8.98 Å². The van der Waals surface area contributed by atoms with Gasteiger partial charge in [0.25, 0.3) is 10.1 Å². The minimum atomic E-state index is -3.87. The molecule has 3 rings (SSSR count). The summed E-state index contributed by atoms with van der Waals surface area (Å²) in [4.78, 5) is 25.8. The van der Waals surface area contributed by atoms with Gasteiger partial charge >= 0.3 is 12.0 Å². The van der Waals surface area contributed by atoms with Crippen molar-refractivity contribution in [3.63, 3.8) is 0 Å². The molecule has 9 heteroatoms. The number of fused-ring (bicyclic) bond motifs is 1. The number of carbonyl (C=O) groups excluding carboxylic acids is 2. The highest BCUT2D eigenvalue weighted by atomic mass is 32.2. The number of nitrogens with one attached hydrogen (secondary N) is 1. The Balaban J connectivity index is 1.58. The maximum atomic E-state index is 12.7. The number of esters is 1. The minimum Gasteiger partial charge on any atom is -0.462 e. The molecule has 1 aliphatic carbocycles. The van der Waals surface area contributed by atoms with Gasteiger partial charge in [0.1, 0.15) is 6.10 Å². The Bertz CT molecular complexity index is 919. The zero-order valence-electron chi connectivity index (χ0n) is 19.1. The van der Waals surface area contributed by atoms with Gasteiger partial charge in [0.15, 0.2) is 0 Å². The van der Waals surface area contributed by atoms with Gasteiger partial charge in [-0.25, -0.2) is 4.79 Å². The standard InChI is InChI=1S/C23H34N2O6S/c1-4-5-6-9-18(30-17(3)26)11-12-25-22-15-19(14-21(22)24-23(25)27)31-32(28,29)20-10-7-8-16(2)13-20/h7-8,10,13,18-19,21-22H,4-6,9,11-12,14-15H2,1-3H3,(H,24,27). The largest absolute Gasteiger partial charge is 0.462 e. The zero-order chi connectivity index (χ0) is 23.3. The second-order valence-electron chi connectivity index (χ2n) is 8.79. The second-order valence-corrected chi connectivity index (χ2v) is 10.4. The summed E-state index contributed by atoms with van der Waals surface area (Å²) in [7, 11) is -3.87. The number of benzene rings is 1. The second kappa shape index (κ2) is 10.7. The molecule has 1 saturated carbocycles. The molecule has 0 spiro atoms. The third-order valence-corrected chi connectivity index (χ3v) is 7.51. The number of rotatable bonds is 11. The average Bonchev–Trinajstić information content (AvgIpc) is 3.21. The van der Waals surface area contributed by atoms with E-state index in [2.05, 4.69) is 12.2 Å². The van der Waals surface area contributed by atoms with Crippen molar-refractivity contribution in [2.24, 2.45) is 0 Å². The Morgan fingerprint density at radius 3 is 2.72 bits per heavy atom. The van der Waals surface area contributed by atoms with E-state index in [1.165, 1.54) is 13.0 Å². The number of hydrogen-bond donors (Lipinski definition) is 1. The Kier molecular flexibility index (Phi) is 8.16. The maximum Gasteiger partial charge on any atom is 0.318 e. The molecule has 2 amide bonds. The van der Waals surface area contributed by atoms with Crippen LogP contribution in [0.4, 0.5) is 4.79 Å². The number of hydrogen-bond acceptors (Lipinski definition) is 6. The number of ether oxygens (including phenoxy) is 1. The van der Waals surface area contributed by atoms with Crippen molar-refractivity contribution in [2.75, 3.05) is 6.54 Å². The van der Waals surface area contributed by atoms with Crippen LogP contribution in [0.5, 0.6) is 0 Å². The Morgan fingerprint density at radius 2 is 2.03 bits per heavy atom. The number of amides is 2. The van der Waals surface area contributed by atoms with Crippen LogP contribution in [0.1, 0.15) is 64.4 Å². The van der Waals surface area contributed by atoms with Gasteiger partial charge in [0.2, 0.25) is 0 Å². The van der Waals surface area contributed by atoms with Crippen molar-refractivity contribution in [1.29, 1.82) is 0 Å². The maximum absolute atomic E-state index is 12.7. The van der Waals surface area contributed by atoms with Gasteiger partial charge in [-0.05, 0) is 50.3 Å². The van der Waals surface area contributed by atoms with Crippen LogP contribution in [-0.2, 0) is 23.8 Å². The minimum absolute atomic E-state index is 0.131. The van der Waals surface area contributed by atoms with E-state index >= 15 is 0 Å². The highest BCUT2D eigenvalue weighted by Crippen LogP contribution is 2.33. The highest BCUT2D eigenvalue weighted by Gasteiger charge is 2.47. The molecule has 1 aromatic carbocycles. The lowest BCUT2D eigenvalue weighted by molar-refractivity contribution is -0.147. The van der Waals surface area contributed by atoms with Crippen molar-refractivity contribution in [2.45, 2.75) is 94.9 Å². The quantitative estimate of drug-likeness (QED) is 0.304. The van der Waals surface area contributed by atoms with E-state index in [4.69, 9.17) is 8.92 Å². The van der Waals surface area contributed by atoms with Gasteiger partial charge in [-0.2, -0.15) is 8.42 Å². The Hall–Kier alpha value is -2.13. The predicted octanol–water partition coefficient (Wildman–Crippen LogP) is 3.53. The van der Waals surface area contributed by atoms with Crippen molar-refractivity contribution in [3.8, 4) is 0 Å². The molecule has 1 N–H and O–H groups in total. The molecule has 0 radical (unpaired) electrons. The third-order valence-electron chi connectivity index (χ3n) is 6.15. The number of nitrogens with zero attached hydrogens (tertiary/aromatic N) is 1. The smallest absolute Gasteiger partial charge is 0.318 e. The predicted molar refractivity (Wildman–Crippen MR) is 120 cm³/mol. The van der Waals surface area contributed by atoms with Gasteiger partial charge in [0, 0.05) is 19.9 Å². The van der Waals surface area contributed by atoms with E-state index < -0.39 is 16.2 Å². The number of unbranched alkanes of at least 4 members (excludes halogenated alkanes) is 2. The summed E-state index contributed by atoms with van der Waals surface area (Å²) in [5.41, 5.74) is 0.845. The molecule has 1 aliphatic heterocycles. The van der Waals surface area contributed by atoms with Crippen LogP contribution in [0.25, 0.3) is 0 Å². The molecule has 4 atom stereocenters. The fourth-order valence-corrected chi connectivity index (χ4v) is 5.82. The topological polar surface area (TPSA) is 102 Å². The number of urea groups is 1. The summed E-state index contributed by atoms with van der Waals surface area (Å²) in [5, 5.41) is 2.95. The van der Waals surface area contributed by atoms with Gasteiger partial charge < -0.3 is 15.0 Å². The van der Waals surface area contributed by atoms with E-state index in [0.29, 0.717) is 25.8 Å². The monoisotopic (exact) mass is 466 g/mol. The van der Waals surface area contributed by atoms with Crippen molar-refractivity contribution >= 4 is 22.1 Å². The lowest BCUT2D eigenvalue weighted by atomic mass is 10.1. The summed E-state index contributed by atoms with van der Waals surface area (Å²) >= 11 is 0. The fraction of sp³-hybridized carbons (Fsp3) is 0.652. The summed E-state index contributed by atoms with van der Waals surface area (Å²) < 4.78 is 36.3. The Morgan fingerprint density at radius 1 is 1.25 bits per heavy atom. The first-order chi connectivity index (χ1) is 15.2. The molecule has 0 aromatic heterocycles. The SMILES string of the molecule is CCCCCC(CCN1C(=O)NC2CC(OS(=O)(=O)c3cccc(C)c3)CC21)OC(C)=O. The molecule has 1 aromatic rings. The average molecular weight is 467 g/mol. The van der Waals surface area contributed by atoms with Crippen LogP contribution >= 0.6 is 0 Å². The van der Waals surface area contributed by atoms with Crippen molar-refractivity contribution < 1.29 is 26.9 Å². The molecular weight excluding hydrogens is 432 g/mol. The molecule has 32 heavy (non-hydrogen) atoms. The van der Waals surface area contributed by atoms with Crippen molar-refractivity contribution in [1.82, 2.24) is 10.2 Å². The first-order valence-electron chi connectivity index (χ1n) is 11.4. The van der Waals surface area contributed by atoms with Crippen LogP contribution in [0, 0.1) is 6.92 Å². The van der Waals surface area contributed by atoms with E-state index in [1.807, 2.05) is 13.0 Å². The van der Waals surface area contributed by atoms with Crippen LogP contribution in [-0.4, -0.2) is 56.2 Å². The van der Waals surface area contributed by atoms with E-state index in [-0.39, 0.29) is 35.1 Å². The lowest BCUT2D eigenvalue weighted by Gasteiger charge is -2.25. The summed E-state index contributed by atoms with van der Waals surface area (Å²) in [6.07, 6.45) is 4.64. The first-order valence-corrected chi connectivity index (χ1v) is 12.8. The highest BCUT2D eigenvalue weighted by molar-refractivity contribution is 7.86. The molecular formula is C23H34N2O6S. The van der Waals surface area contributed by atoms with Crippen LogP contribution in [0.2, 0.25) is 0 Å². The number of carbonyl (C=O) groups is 2. The first kappa shape index (κ1) is 24.5. The zero-order valence-corrected chi connectivity index (χ0v) is 19.9. The molecule has 8 nitrogen and oxygen atoms in total. The molecule has 1 heterocycles. The van der Waals surface area contributed by atoms with Crippen LogP contribution in [0.3, 0.4) is 0 Å². The molecule has 1 saturated heterocycles. The van der Waals surface area contributed by atoms with E-state index in [9.17, 15) is 18.0 Å². The van der Waals surface area contributed by atoms with Crippen molar-refractivity contribution in [3.05, 3.63) is 29.8 Å². The molecule has 178 valence electrons.